The van der Waals surface area contributed by atoms with Crippen molar-refractivity contribution in [2.75, 3.05) is 0 Å². The van der Waals surface area contributed by atoms with Gasteiger partial charge in [-0.25, -0.2) is 8.78 Å². The Kier molecular flexibility index (Phi) is 1.84. The molecule has 1 unspecified atom stereocenters. The highest BCUT2D eigenvalue weighted by atomic mass is 19.3. The first-order valence-electron chi connectivity index (χ1n) is 4.46. The van der Waals surface area contributed by atoms with E-state index < -0.39 is 5.92 Å². The Morgan fingerprint density at radius 2 is 1.83 bits per heavy atom. The fourth-order valence-corrected chi connectivity index (χ4v) is 2.07. The van der Waals surface area contributed by atoms with Crippen molar-refractivity contribution < 1.29 is 8.78 Å². The molecule has 0 heterocycles. The molecule has 0 radical (unpaired) electrons. The van der Waals surface area contributed by atoms with Gasteiger partial charge in [0.1, 0.15) is 0 Å². The number of halogens is 2. The van der Waals surface area contributed by atoms with Crippen LogP contribution in [0.3, 0.4) is 0 Å². The van der Waals surface area contributed by atoms with Crippen LogP contribution in [0.2, 0.25) is 0 Å². The molecule has 0 spiro atoms. The number of hydrogen-bond acceptors (Lipinski definition) is 2. The van der Waals surface area contributed by atoms with Gasteiger partial charge >= 0.3 is 0 Å². The highest BCUT2D eigenvalue weighted by Crippen LogP contribution is 2.48. The van der Waals surface area contributed by atoms with Crippen molar-refractivity contribution in [1.29, 1.82) is 0 Å². The van der Waals surface area contributed by atoms with Crippen LogP contribution in [-0.2, 0) is 0 Å². The lowest BCUT2D eigenvalue weighted by Gasteiger charge is -2.40. The fourth-order valence-electron chi connectivity index (χ4n) is 2.07. The molecule has 2 nitrogen and oxygen atoms in total. The molecule has 1 atom stereocenters. The van der Waals surface area contributed by atoms with Gasteiger partial charge in [0.2, 0.25) is 5.92 Å². The lowest BCUT2D eigenvalue weighted by molar-refractivity contribution is -0.121. The maximum Gasteiger partial charge on any atom is 0.248 e. The maximum atomic E-state index is 12.5. The van der Waals surface area contributed by atoms with Crippen LogP contribution in [0, 0.1) is 11.8 Å². The van der Waals surface area contributed by atoms with Crippen LogP contribution >= 0.6 is 0 Å². The van der Waals surface area contributed by atoms with Crippen molar-refractivity contribution in [2.45, 2.75) is 37.6 Å². The summed E-state index contributed by atoms with van der Waals surface area (Å²) in [5.74, 6) is 3.58. The molecule has 2 aliphatic carbocycles. The summed E-state index contributed by atoms with van der Waals surface area (Å²) in [6.45, 7) is 0. The molecule has 0 aliphatic heterocycles. The summed E-state index contributed by atoms with van der Waals surface area (Å²) in [5, 5.41) is 0. The molecule has 12 heavy (non-hydrogen) atoms. The smallest absolute Gasteiger partial charge is 0.248 e. The zero-order valence-corrected chi connectivity index (χ0v) is 6.89. The average Bonchev–Trinajstić information content (AvgIpc) is 2.68. The zero-order chi connectivity index (χ0) is 8.77. The van der Waals surface area contributed by atoms with Gasteiger partial charge in [0.05, 0.1) is 0 Å². The normalized spacial score (nSPS) is 31.2. The predicted octanol–water partition coefficient (Wildman–Crippen LogP) is 1.27. The van der Waals surface area contributed by atoms with Gasteiger partial charge in [-0.2, -0.15) is 0 Å². The molecular formula is C8H14F2N2. The second kappa shape index (κ2) is 2.64. The Morgan fingerprint density at radius 3 is 2.17 bits per heavy atom. The van der Waals surface area contributed by atoms with Gasteiger partial charge in [-0.15, -0.1) is 0 Å². The largest absolute Gasteiger partial charge is 0.271 e. The van der Waals surface area contributed by atoms with Gasteiger partial charge < -0.3 is 0 Å². The standard InChI is InChI=1S/C8H14F2N2/c9-8(10)3-6(4-8)7(12-11)5-1-2-5/h5-7,12H,1-4,11H2. The third-order valence-electron chi connectivity index (χ3n) is 2.95. The first-order valence-corrected chi connectivity index (χ1v) is 4.46. The number of hydrazine groups is 1. The number of alkyl halides is 2. The second-order valence-corrected chi connectivity index (χ2v) is 4.05. The number of rotatable bonds is 3. The predicted molar refractivity (Wildman–Crippen MR) is 41.5 cm³/mol. The third kappa shape index (κ3) is 1.45. The molecule has 2 aliphatic rings. The molecule has 0 bridgehead atoms. The number of nitrogens with one attached hydrogen (secondary N) is 1. The van der Waals surface area contributed by atoms with Crippen LogP contribution in [0.15, 0.2) is 0 Å². The van der Waals surface area contributed by atoms with Crippen molar-refractivity contribution in [3.8, 4) is 0 Å². The highest BCUT2D eigenvalue weighted by molar-refractivity contribution is 4.98. The summed E-state index contributed by atoms with van der Waals surface area (Å²) in [5.41, 5.74) is 2.67. The van der Waals surface area contributed by atoms with Gasteiger partial charge in [0, 0.05) is 18.9 Å². The Bertz CT molecular complexity index is 172. The molecule has 0 aromatic heterocycles. The molecule has 0 saturated heterocycles. The highest BCUT2D eigenvalue weighted by Gasteiger charge is 2.51. The average molecular weight is 176 g/mol. The Morgan fingerprint density at radius 1 is 1.25 bits per heavy atom. The molecular weight excluding hydrogens is 162 g/mol. The third-order valence-corrected chi connectivity index (χ3v) is 2.95. The van der Waals surface area contributed by atoms with Crippen LogP contribution in [0.1, 0.15) is 25.7 Å². The van der Waals surface area contributed by atoms with E-state index in [1.165, 1.54) is 0 Å². The van der Waals surface area contributed by atoms with Crippen molar-refractivity contribution in [3.63, 3.8) is 0 Å². The van der Waals surface area contributed by atoms with Crippen LogP contribution in [0.5, 0.6) is 0 Å². The Labute approximate surface area is 70.5 Å². The van der Waals surface area contributed by atoms with E-state index in [0.29, 0.717) is 5.92 Å². The number of nitrogens with two attached hydrogens (primary N) is 1. The molecule has 4 heteroatoms. The van der Waals surface area contributed by atoms with E-state index in [1.54, 1.807) is 0 Å². The van der Waals surface area contributed by atoms with Crippen molar-refractivity contribution in [1.82, 2.24) is 5.43 Å². The minimum Gasteiger partial charge on any atom is -0.271 e. The Balaban J connectivity index is 1.84. The number of hydrogen-bond donors (Lipinski definition) is 2. The van der Waals surface area contributed by atoms with Gasteiger partial charge in [-0.05, 0) is 24.7 Å². The van der Waals surface area contributed by atoms with Crippen molar-refractivity contribution in [2.24, 2.45) is 17.7 Å². The van der Waals surface area contributed by atoms with E-state index in [-0.39, 0.29) is 24.8 Å². The van der Waals surface area contributed by atoms with Gasteiger partial charge in [0.25, 0.3) is 0 Å². The molecule has 2 fully saturated rings. The summed E-state index contributed by atoms with van der Waals surface area (Å²) >= 11 is 0. The molecule has 0 aromatic rings. The molecule has 0 amide bonds. The van der Waals surface area contributed by atoms with Crippen LogP contribution < -0.4 is 11.3 Å². The first-order chi connectivity index (χ1) is 5.62. The van der Waals surface area contributed by atoms with Crippen molar-refractivity contribution in [3.05, 3.63) is 0 Å². The summed E-state index contributed by atoms with van der Waals surface area (Å²) in [6.07, 6.45) is 2.35. The SMILES string of the molecule is NNC(C1CC1)C1CC(F)(F)C1. The van der Waals surface area contributed by atoms with E-state index in [9.17, 15) is 8.78 Å². The van der Waals surface area contributed by atoms with E-state index in [2.05, 4.69) is 5.43 Å². The van der Waals surface area contributed by atoms with Gasteiger partial charge in [-0.1, -0.05) is 0 Å². The zero-order valence-electron chi connectivity index (χ0n) is 6.89. The van der Waals surface area contributed by atoms with Crippen LogP contribution in [0.25, 0.3) is 0 Å². The first kappa shape index (κ1) is 8.38. The van der Waals surface area contributed by atoms with Gasteiger partial charge in [-0.3, -0.25) is 11.3 Å². The minimum absolute atomic E-state index is 0.0262. The summed E-state index contributed by atoms with van der Waals surface area (Å²) < 4.78 is 25.0. The lowest BCUT2D eigenvalue weighted by Crippen LogP contribution is -2.51. The maximum absolute atomic E-state index is 12.5. The van der Waals surface area contributed by atoms with E-state index >= 15 is 0 Å². The second-order valence-electron chi connectivity index (χ2n) is 4.05. The molecule has 0 aromatic carbocycles. The molecule has 70 valence electrons. The summed E-state index contributed by atoms with van der Waals surface area (Å²) in [6, 6.07) is 0.143. The Hall–Kier alpha value is -0.220. The summed E-state index contributed by atoms with van der Waals surface area (Å²) in [4.78, 5) is 0. The molecule has 2 saturated carbocycles. The van der Waals surface area contributed by atoms with Crippen LogP contribution in [0.4, 0.5) is 8.78 Å². The summed E-state index contributed by atoms with van der Waals surface area (Å²) in [7, 11) is 0. The van der Waals surface area contributed by atoms with E-state index in [0.717, 1.165) is 12.8 Å². The molecule has 3 N–H and O–H groups in total. The van der Waals surface area contributed by atoms with E-state index in [4.69, 9.17) is 5.84 Å². The monoisotopic (exact) mass is 176 g/mol. The minimum atomic E-state index is -2.41. The lowest BCUT2D eigenvalue weighted by atomic mass is 9.75. The van der Waals surface area contributed by atoms with Gasteiger partial charge in [0.15, 0.2) is 0 Å². The fraction of sp³-hybridized carbons (Fsp3) is 1.00. The van der Waals surface area contributed by atoms with Crippen molar-refractivity contribution >= 4 is 0 Å². The molecule has 2 rings (SSSR count). The topological polar surface area (TPSA) is 38.0 Å². The quantitative estimate of drug-likeness (QED) is 0.502. The van der Waals surface area contributed by atoms with Crippen LogP contribution in [-0.4, -0.2) is 12.0 Å². The van der Waals surface area contributed by atoms with E-state index in [1.807, 2.05) is 0 Å².